The van der Waals surface area contributed by atoms with Gasteiger partial charge in [-0.3, -0.25) is 4.79 Å². The van der Waals surface area contributed by atoms with Crippen molar-refractivity contribution in [3.63, 3.8) is 0 Å². The predicted molar refractivity (Wildman–Crippen MR) is 38.9 cm³/mol. The first-order valence-corrected chi connectivity index (χ1v) is 3.55. The van der Waals surface area contributed by atoms with E-state index in [2.05, 4.69) is 21.2 Å². The average Bonchev–Trinajstić information content (AvgIpc) is 1.64. The average molecular weight is 196 g/mol. The summed E-state index contributed by atoms with van der Waals surface area (Å²) in [5.41, 5.74) is 0. The van der Waals surface area contributed by atoms with Crippen LogP contribution in [0.3, 0.4) is 0 Å². The summed E-state index contributed by atoms with van der Waals surface area (Å²) in [6.45, 7) is 1.79. The summed E-state index contributed by atoms with van der Waals surface area (Å²) in [5, 5.41) is 11.1. The molecular weight excluding hydrogens is 186 g/mol. The van der Waals surface area contributed by atoms with Gasteiger partial charge in [-0.1, -0.05) is 22.9 Å². The number of rotatable bonds is 3. The van der Waals surface area contributed by atoms with Gasteiger partial charge in [0.1, 0.15) is 6.04 Å². The Kier molecular flexibility index (Phi) is 3.81. The second kappa shape index (κ2) is 3.85. The fourth-order valence-corrected chi connectivity index (χ4v) is 1.04. The topological polar surface area (TPSA) is 49.3 Å². The number of halogens is 1. The Morgan fingerprint density at radius 3 is 2.22 bits per heavy atom. The summed E-state index contributed by atoms with van der Waals surface area (Å²) in [6, 6.07) is -0.495. The minimum Gasteiger partial charge on any atom is -0.480 e. The number of aliphatic carboxylic acids is 1. The maximum atomic E-state index is 10.3. The van der Waals surface area contributed by atoms with E-state index in [0.717, 1.165) is 0 Å². The lowest BCUT2D eigenvalue weighted by Crippen LogP contribution is -2.39. The molecular formula is C5H10BrNO2. The van der Waals surface area contributed by atoms with Gasteiger partial charge >= 0.3 is 5.97 Å². The van der Waals surface area contributed by atoms with E-state index in [1.54, 1.807) is 14.0 Å². The number of carboxylic acids is 1. The molecule has 0 aromatic rings. The Morgan fingerprint density at radius 1 is 1.78 bits per heavy atom. The maximum absolute atomic E-state index is 10.3. The van der Waals surface area contributed by atoms with Crippen LogP contribution in [0.25, 0.3) is 0 Å². The van der Waals surface area contributed by atoms with E-state index in [-0.39, 0.29) is 4.83 Å². The Bertz CT molecular complexity index is 105. The molecule has 0 aliphatic carbocycles. The van der Waals surface area contributed by atoms with Crippen LogP contribution in [0.1, 0.15) is 6.92 Å². The molecule has 0 saturated heterocycles. The van der Waals surface area contributed by atoms with E-state index in [9.17, 15) is 4.79 Å². The van der Waals surface area contributed by atoms with Gasteiger partial charge in [0.15, 0.2) is 0 Å². The van der Waals surface area contributed by atoms with Crippen LogP contribution in [0.4, 0.5) is 0 Å². The zero-order chi connectivity index (χ0) is 7.44. The number of likely N-dealkylation sites (N-methyl/N-ethyl adjacent to an activating group) is 1. The van der Waals surface area contributed by atoms with Crippen LogP contribution < -0.4 is 5.32 Å². The fraction of sp³-hybridized carbons (Fsp3) is 0.800. The minimum absolute atomic E-state index is 0.0417. The van der Waals surface area contributed by atoms with Crippen molar-refractivity contribution in [1.82, 2.24) is 5.32 Å². The molecule has 0 aromatic carbocycles. The highest BCUT2D eigenvalue weighted by Crippen LogP contribution is 2.03. The molecule has 0 aliphatic heterocycles. The largest absolute Gasteiger partial charge is 0.480 e. The third-order valence-corrected chi connectivity index (χ3v) is 1.57. The normalized spacial score (nSPS) is 16.8. The molecule has 2 atom stereocenters. The fourth-order valence-electron chi connectivity index (χ4n) is 0.550. The molecule has 54 valence electrons. The maximum Gasteiger partial charge on any atom is 0.321 e. The Hall–Kier alpha value is -0.0900. The van der Waals surface area contributed by atoms with E-state index < -0.39 is 12.0 Å². The van der Waals surface area contributed by atoms with Crippen molar-refractivity contribution >= 4 is 21.9 Å². The van der Waals surface area contributed by atoms with Crippen LogP contribution in [-0.2, 0) is 4.79 Å². The molecule has 0 radical (unpaired) electrons. The van der Waals surface area contributed by atoms with Gasteiger partial charge in [0.25, 0.3) is 0 Å². The first-order chi connectivity index (χ1) is 4.09. The molecule has 0 rings (SSSR count). The van der Waals surface area contributed by atoms with Crippen molar-refractivity contribution in [3.05, 3.63) is 0 Å². The third kappa shape index (κ3) is 2.81. The zero-order valence-electron chi connectivity index (χ0n) is 5.39. The summed E-state index contributed by atoms with van der Waals surface area (Å²) < 4.78 is 0. The lowest BCUT2D eigenvalue weighted by Gasteiger charge is -2.12. The van der Waals surface area contributed by atoms with Crippen molar-refractivity contribution in [1.29, 1.82) is 0 Å². The van der Waals surface area contributed by atoms with E-state index in [0.29, 0.717) is 0 Å². The molecule has 0 spiro atoms. The number of hydrogen-bond donors (Lipinski definition) is 2. The SMILES string of the molecule is CNC(C(=O)O)C(C)Br. The van der Waals surface area contributed by atoms with Crippen LogP contribution in [0, 0.1) is 0 Å². The Balaban J connectivity index is 3.83. The second-order valence-corrected chi connectivity index (χ2v) is 3.23. The number of alkyl halides is 1. The first-order valence-electron chi connectivity index (χ1n) is 2.63. The van der Waals surface area contributed by atoms with Gasteiger partial charge in [-0.15, -0.1) is 0 Å². The van der Waals surface area contributed by atoms with Crippen molar-refractivity contribution < 1.29 is 9.90 Å². The van der Waals surface area contributed by atoms with Gasteiger partial charge in [-0.2, -0.15) is 0 Å². The van der Waals surface area contributed by atoms with E-state index in [4.69, 9.17) is 5.11 Å². The monoisotopic (exact) mass is 195 g/mol. The van der Waals surface area contributed by atoms with Gasteiger partial charge in [0.2, 0.25) is 0 Å². The van der Waals surface area contributed by atoms with Gasteiger partial charge < -0.3 is 10.4 Å². The first kappa shape index (κ1) is 8.91. The van der Waals surface area contributed by atoms with Crippen molar-refractivity contribution in [2.75, 3.05) is 7.05 Å². The standard InChI is InChI=1S/C5H10BrNO2/c1-3(6)4(7-2)5(8)9/h3-4,7H,1-2H3,(H,8,9). The van der Waals surface area contributed by atoms with E-state index in [1.165, 1.54) is 0 Å². The number of carbonyl (C=O) groups is 1. The lowest BCUT2D eigenvalue weighted by molar-refractivity contribution is -0.139. The van der Waals surface area contributed by atoms with E-state index >= 15 is 0 Å². The lowest BCUT2D eigenvalue weighted by atomic mass is 10.2. The molecule has 0 fully saturated rings. The van der Waals surface area contributed by atoms with Crippen LogP contribution in [0.15, 0.2) is 0 Å². The van der Waals surface area contributed by atoms with Crippen LogP contribution >= 0.6 is 15.9 Å². The smallest absolute Gasteiger partial charge is 0.321 e. The molecule has 2 N–H and O–H groups in total. The zero-order valence-corrected chi connectivity index (χ0v) is 6.97. The van der Waals surface area contributed by atoms with Crippen molar-refractivity contribution in [2.45, 2.75) is 17.8 Å². The van der Waals surface area contributed by atoms with Crippen molar-refractivity contribution in [3.8, 4) is 0 Å². The third-order valence-electron chi connectivity index (χ3n) is 1.04. The number of hydrogen-bond acceptors (Lipinski definition) is 2. The van der Waals surface area contributed by atoms with Gasteiger partial charge in [-0.05, 0) is 7.05 Å². The molecule has 2 unspecified atom stereocenters. The second-order valence-electron chi connectivity index (χ2n) is 1.78. The highest BCUT2D eigenvalue weighted by molar-refractivity contribution is 9.09. The summed E-state index contributed by atoms with van der Waals surface area (Å²) >= 11 is 3.16. The summed E-state index contributed by atoms with van der Waals surface area (Å²) in [6.07, 6.45) is 0. The van der Waals surface area contributed by atoms with Crippen molar-refractivity contribution in [2.24, 2.45) is 0 Å². The molecule has 9 heavy (non-hydrogen) atoms. The number of carboxylic acid groups (broad SMARTS) is 1. The van der Waals surface area contributed by atoms with Crippen LogP contribution in [0.2, 0.25) is 0 Å². The summed E-state index contributed by atoms with van der Waals surface area (Å²) in [5.74, 6) is -0.832. The molecule has 0 bridgehead atoms. The molecule has 4 heteroatoms. The van der Waals surface area contributed by atoms with Crippen LogP contribution in [0.5, 0.6) is 0 Å². The summed E-state index contributed by atoms with van der Waals surface area (Å²) in [4.78, 5) is 10.2. The number of nitrogens with one attached hydrogen (secondary N) is 1. The van der Waals surface area contributed by atoms with Gasteiger partial charge in [0, 0.05) is 4.83 Å². The minimum atomic E-state index is -0.832. The van der Waals surface area contributed by atoms with Gasteiger partial charge in [-0.25, -0.2) is 0 Å². The molecule has 0 aromatic heterocycles. The molecule has 0 amide bonds. The predicted octanol–water partition coefficient (Wildman–Crippen LogP) is 0.442. The molecule has 0 heterocycles. The van der Waals surface area contributed by atoms with E-state index in [1.807, 2.05) is 0 Å². The quantitative estimate of drug-likeness (QED) is 0.644. The van der Waals surface area contributed by atoms with Gasteiger partial charge in [0.05, 0.1) is 0 Å². The molecule has 0 saturated carbocycles. The Labute approximate surface area is 62.6 Å². The highest BCUT2D eigenvalue weighted by atomic mass is 79.9. The highest BCUT2D eigenvalue weighted by Gasteiger charge is 2.19. The Morgan fingerprint density at radius 2 is 2.22 bits per heavy atom. The van der Waals surface area contributed by atoms with Crippen LogP contribution in [-0.4, -0.2) is 29.0 Å². The molecule has 3 nitrogen and oxygen atoms in total. The summed E-state index contributed by atoms with van der Waals surface area (Å²) in [7, 11) is 1.62. The molecule has 0 aliphatic rings.